The summed E-state index contributed by atoms with van der Waals surface area (Å²) in [6.07, 6.45) is 5.99. The van der Waals surface area contributed by atoms with Gasteiger partial charge in [0.1, 0.15) is 0 Å². The lowest BCUT2D eigenvalue weighted by Crippen LogP contribution is -2.19. The monoisotopic (exact) mass is 244 g/mol. The first-order valence-electron chi connectivity index (χ1n) is 6.49. The highest BCUT2D eigenvalue weighted by molar-refractivity contribution is 5.39. The van der Waals surface area contributed by atoms with Crippen molar-refractivity contribution < 1.29 is 4.79 Å². The van der Waals surface area contributed by atoms with E-state index in [0.717, 1.165) is 32.2 Å². The summed E-state index contributed by atoms with van der Waals surface area (Å²) < 4.78 is 0. The maximum atomic E-state index is 10.7. The minimum atomic E-state index is -0.302. The highest BCUT2D eigenvalue weighted by Gasteiger charge is 2.35. The zero-order valence-electron chi connectivity index (χ0n) is 11.1. The van der Waals surface area contributed by atoms with Gasteiger partial charge in [-0.2, -0.15) is 4.99 Å². The van der Waals surface area contributed by atoms with Crippen LogP contribution in [0.5, 0.6) is 0 Å². The number of isocyanates is 1. The lowest BCUT2D eigenvalue weighted by molar-refractivity contribution is 0.400. The number of hydrogen-bond acceptors (Lipinski definition) is 3. The summed E-state index contributed by atoms with van der Waals surface area (Å²) in [5, 5.41) is 0. The van der Waals surface area contributed by atoms with Crippen LogP contribution in [-0.4, -0.2) is 25.1 Å². The molecule has 0 saturated heterocycles. The van der Waals surface area contributed by atoms with Crippen LogP contribution in [0.2, 0.25) is 0 Å². The average Bonchev–Trinajstić information content (AvgIpc) is 2.79. The molecule has 18 heavy (non-hydrogen) atoms. The molecule has 0 spiro atoms. The Kier molecular flexibility index (Phi) is 3.95. The van der Waals surface area contributed by atoms with Gasteiger partial charge in [-0.05, 0) is 38.1 Å². The summed E-state index contributed by atoms with van der Waals surface area (Å²) in [4.78, 5) is 17.0. The third kappa shape index (κ3) is 2.69. The number of benzene rings is 1. The van der Waals surface area contributed by atoms with Crippen LogP contribution in [0.1, 0.15) is 36.8 Å². The third-order valence-electron chi connectivity index (χ3n) is 3.65. The molecule has 3 heteroatoms. The molecule has 3 nitrogen and oxygen atoms in total. The molecule has 1 fully saturated rings. The second-order valence-electron chi connectivity index (χ2n) is 5.38. The Morgan fingerprint density at radius 3 is 2.67 bits per heavy atom. The minimum Gasteiger partial charge on any atom is -0.305 e. The van der Waals surface area contributed by atoms with E-state index in [1.165, 1.54) is 11.1 Å². The fourth-order valence-corrected chi connectivity index (χ4v) is 2.84. The van der Waals surface area contributed by atoms with Crippen LogP contribution in [0.4, 0.5) is 0 Å². The van der Waals surface area contributed by atoms with Crippen molar-refractivity contribution in [2.75, 3.05) is 14.1 Å². The van der Waals surface area contributed by atoms with Crippen LogP contribution in [0.25, 0.3) is 0 Å². The summed E-state index contributed by atoms with van der Waals surface area (Å²) in [6, 6.07) is 8.46. The first-order valence-corrected chi connectivity index (χ1v) is 6.49. The van der Waals surface area contributed by atoms with Crippen LogP contribution >= 0.6 is 0 Å². The normalized spacial score (nSPS) is 17.7. The molecule has 1 aliphatic carbocycles. The van der Waals surface area contributed by atoms with E-state index in [2.05, 4.69) is 48.3 Å². The first-order chi connectivity index (χ1) is 8.66. The summed E-state index contributed by atoms with van der Waals surface area (Å²) in [7, 11) is 4.11. The van der Waals surface area contributed by atoms with E-state index in [0.29, 0.717) is 0 Å². The third-order valence-corrected chi connectivity index (χ3v) is 3.65. The zero-order chi connectivity index (χ0) is 13.0. The average molecular weight is 244 g/mol. The van der Waals surface area contributed by atoms with Crippen molar-refractivity contribution in [1.29, 1.82) is 0 Å². The summed E-state index contributed by atoms with van der Waals surface area (Å²) in [6.45, 7) is 0.911. The van der Waals surface area contributed by atoms with Crippen LogP contribution in [-0.2, 0) is 16.9 Å². The van der Waals surface area contributed by atoms with Gasteiger partial charge in [-0.25, -0.2) is 4.79 Å². The van der Waals surface area contributed by atoms with Crippen LogP contribution in [0.3, 0.4) is 0 Å². The molecule has 1 saturated carbocycles. The van der Waals surface area contributed by atoms with E-state index in [-0.39, 0.29) is 5.54 Å². The number of aliphatic imine (C=N–C) groups is 1. The molecule has 0 amide bonds. The topological polar surface area (TPSA) is 32.7 Å². The SMILES string of the molecule is CN(C)Cc1cccc(C2(N=C=O)CCCC2)c1. The van der Waals surface area contributed by atoms with E-state index in [4.69, 9.17) is 0 Å². The van der Waals surface area contributed by atoms with Crippen LogP contribution in [0.15, 0.2) is 29.3 Å². The van der Waals surface area contributed by atoms with Crippen molar-refractivity contribution in [1.82, 2.24) is 4.90 Å². The quantitative estimate of drug-likeness (QED) is 0.602. The van der Waals surface area contributed by atoms with E-state index in [1.54, 1.807) is 6.08 Å². The standard InChI is InChI=1S/C15H20N2O/c1-17(2)11-13-6-5-7-14(10-13)15(16-12-18)8-3-4-9-15/h5-7,10H,3-4,8-9,11H2,1-2H3. The van der Waals surface area contributed by atoms with Gasteiger partial charge in [0.2, 0.25) is 6.08 Å². The Bertz CT molecular complexity index is 455. The lowest BCUT2D eigenvalue weighted by Gasteiger charge is -2.23. The zero-order valence-corrected chi connectivity index (χ0v) is 11.1. The van der Waals surface area contributed by atoms with E-state index >= 15 is 0 Å². The predicted molar refractivity (Wildman–Crippen MR) is 72.1 cm³/mol. The predicted octanol–water partition coefficient (Wildman–Crippen LogP) is 2.85. The number of nitrogens with zero attached hydrogens (tertiary/aromatic N) is 2. The maximum Gasteiger partial charge on any atom is 0.235 e. The smallest absolute Gasteiger partial charge is 0.235 e. The van der Waals surface area contributed by atoms with Gasteiger partial charge in [-0.1, -0.05) is 37.1 Å². The second kappa shape index (κ2) is 5.47. The summed E-state index contributed by atoms with van der Waals surface area (Å²) >= 11 is 0. The molecular weight excluding hydrogens is 224 g/mol. The van der Waals surface area contributed by atoms with Crippen LogP contribution in [0, 0.1) is 0 Å². The molecule has 0 radical (unpaired) electrons. The molecule has 2 rings (SSSR count). The molecule has 0 N–H and O–H groups in total. The second-order valence-corrected chi connectivity index (χ2v) is 5.38. The molecule has 0 heterocycles. The fourth-order valence-electron chi connectivity index (χ4n) is 2.84. The largest absolute Gasteiger partial charge is 0.305 e. The van der Waals surface area contributed by atoms with Gasteiger partial charge >= 0.3 is 0 Å². The summed E-state index contributed by atoms with van der Waals surface area (Å²) in [5.74, 6) is 0. The van der Waals surface area contributed by atoms with E-state index in [9.17, 15) is 4.79 Å². The highest BCUT2D eigenvalue weighted by atomic mass is 16.1. The number of carbonyl (C=O) groups excluding carboxylic acids is 1. The van der Waals surface area contributed by atoms with Gasteiger partial charge in [-0.15, -0.1) is 0 Å². The van der Waals surface area contributed by atoms with Crippen molar-refractivity contribution in [2.45, 2.75) is 37.8 Å². The first kappa shape index (κ1) is 13.0. The molecule has 1 aromatic rings. The van der Waals surface area contributed by atoms with Crippen molar-refractivity contribution in [3.05, 3.63) is 35.4 Å². The molecule has 0 bridgehead atoms. The van der Waals surface area contributed by atoms with Gasteiger partial charge in [0.15, 0.2) is 0 Å². The van der Waals surface area contributed by atoms with Gasteiger partial charge in [0, 0.05) is 6.54 Å². The van der Waals surface area contributed by atoms with Gasteiger partial charge in [-0.3, -0.25) is 0 Å². The molecule has 0 aromatic heterocycles. The Morgan fingerprint density at radius 2 is 2.06 bits per heavy atom. The molecule has 0 unspecified atom stereocenters. The summed E-state index contributed by atoms with van der Waals surface area (Å²) in [5.41, 5.74) is 2.14. The Hall–Kier alpha value is -1.44. The molecule has 0 aliphatic heterocycles. The van der Waals surface area contributed by atoms with E-state index in [1.807, 2.05) is 0 Å². The number of rotatable bonds is 4. The molecule has 96 valence electrons. The van der Waals surface area contributed by atoms with Crippen LogP contribution < -0.4 is 0 Å². The maximum absolute atomic E-state index is 10.7. The van der Waals surface area contributed by atoms with Crippen molar-refractivity contribution in [3.63, 3.8) is 0 Å². The fraction of sp³-hybridized carbons (Fsp3) is 0.533. The Balaban J connectivity index is 2.33. The lowest BCUT2D eigenvalue weighted by atomic mass is 9.88. The van der Waals surface area contributed by atoms with Gasteiger partial charge < -0.3 is 4.90 Å². The van der Waals surface area contributed by atoms with E-state index < -0.39 is 0 Å². The molecule has 1 aromatic carbocycles. The minimum absolute atomic E-state index is 0.302. The Morgan fingerprint density at radius 1 is 1.33 bits per heavy atom. The van der Waals surface area contributed by atoms with Gasteiger partial charge in [0.05, 0.1) is 5.54 Å². The van der Waals surface area contributed by atoms with Crippen molar-refractivity contribution in [3.8, 4) is 0 Å². The highest BCUT2D eigenvalue weighted by Crippen LogP contribution is 2.42. The van der Waals surface area contributed by atoms with Gasteiger partial charge in [0.25, 0.3) is 0 Å². The molecule has 0 atom stereocenters. The molecule has 1 aliphatic rings. The number of hydrogen-bond donors (Lipinski definition) is 0. The molecular formula is C15H20N2O. The van der Waals surface area contributed by atoms with Crippen molar-refractivity contribution in [2.24, 2.45) is 4.99 Å². The van der Waals surface area contributed by atoms with Crippen molar-refractivity contribution >= 4 is 6.08 Å². The Labute approximate surface area is 109 Å².